The first-order valence-corrected chi connectivity index (χ1v) is 8.65. The average molecular weight is 300 g/mol. The number of nitrogens with zero attached hydrogens (tertiary/aromatic N) is 2. The molecular formula is C14H24N2O3S. The van der Waals surface area contributed by atoms with Gasteiger partial charge in [0.2, 0.25) is 10.0 Å². The van der Waals surface area contributed by atoms with Crippen molar-refractivity contribution in [2.24, 2.45) is 5.92 Å². The van der Waals surface area contributed by atoms with Gasteiger partial charge in [0.1, 0.15) is 4.90 Å². The fourth-order valence-electron chi connectivity index (χ4n) is 2.39. The van der Waals surface area contributed by atoms with Gasteiger partial charge >= 0.3 is 0 Å². The average Bonchev–Trinajstić information content (AvgIpc) is 3.13. The van der Waals surface area contributed by atoms with Crippen LogP contribution in [0.1, 0.15) is 39.3 Å². The molecule has 0 unspecified atom stereocenters. The number of rotatable bonds is 7. The van der Waals surface area contributed by atoms with Crippen LogP contribution >= 0.6 is 0 Å². The van der Waals surface area contributed by atoms with E-state index in [1.807, 2.05) is 20.8 Å². The van der Waals surface area contributed by atoms with Crippen molar-refractivity contribution < 1.29 is 13.5 Å². The predicted octanol–water partition coefficient (Wildman–Crippen LogP) is 1.81. The monoisotopic (exact) mass is 300 g/mol. The maximum absolute atomic E-state index is 12.8. The Bertz CT molecular complexity index is 537. The van der Waals surface area contributed by atoms with Crippen molar-refractivity contribution in [3.8, 4) is 0 Å². The third-order valence-electron chi connectivity index (χ3n) is 3.57. The molecule has 0 aliphatic heterocycles. The molecule has 1 aliphatic carbocycles. The molecule has 0 saturated heterocycles. The molecule has 2 rings (SSSR count). The Labute approximate surface area is 121 Å². The Morgan fingerprint density at radius 1 is 1.45 bits per heavy atom. The van der Waals surface area contributed by atoms with E-state index in [-0.39, 0.29) is 12.6 Å². The molecule has 6 heteroatoms. The molecule has 0 atom stereocenters. The lowest BCUT2D eigenvalue weighted by molar-refractivity contribution is 0.271. The van der Waals surface area contributed by atoms with E-state index in [0.29, 0.717) is 29.6 Å². The first-order chi connectivity index (χ1) is 9.40. The van der Waals surface area contributed by atoms with Gasteiger partial charge in [0, 0.05) is 31.0 Å². The number of aromatic nitrogens is 1. The standard InChI is InChI=1S/C14H24N2O3S/c1-4-15-9-14(7-13(15)10-17)20(18,19)16(8-11(2)3)12-5-6-12/h7,9,11-12,17H,4-6,8,10H2,1-3H3. The molecule has 1 aromatic rings. The van der Waals surface area contributed by atoms with Crippen LogP contribution in [0.15, 0.2) is 17.2 Å². The van der Waals surface area contributed by atoms with Crippen LogP contribution in [0.5, 0.6) is 0 Å². The van der Waals surface area contributed by atoms with Crippen LogP contribution in [0.25, 0.3) is 0 Å². The number of hydrogen-bond donors (Lipinski definition) is 1. The van der Waals surface area contributed by atoms with E-state index >= 15 is 0 Å². The summed E-state index contributed by atoms with van der Waals surface area (Å²) in [5.41, 5.74) is 0.645. The van der Waals surface area contributed by atoms with E-state index in [1.54, 1.807) is 21.1 Å². The second-order valence-electron chi connectivity index (χ2n) is 5.81. The minimum Gasteiger partial charge on any atom is -0.390 e. The summed E-state index contributed by atoms with van der Waals surface area (Å²) in [5.74, 6) is 0.302. The van der Waals surface area contributed by atoms with E-state index in [1.165, 1.54) is 0 Å². The van der Waals surface area contributed by atoms with Crippen LogP contribution < -0.4 is 0 Å². The second kappa shape index (κ2) is 5.87. The lowest BCUT2D eigenvalue weighted by atomic mass is 10.2. The van der Waals surface area contributed by atoms with Crippen LogP contribution in [0.2, 0.25) is 0 Å². The molecule has 1 N–H and O–H groups in total. The Morgan fingerprint density at radius 2 is 2.10 bits per heavy atom. The van der Waals surface area contributed by atoms with Crippen LogP contribution in [0.4, 0.5) is 0 Å². The van der Waals surface area contributed by atoms with Gasteiger partial charge in [-0.15, -0.1) is 0 Å². The number of aliphatic hydroxyl groups excluding tert-OH is 1. The van der Waals surface area contributed by atoms with E-state index in [0.717, 1.165) is 12.8 Å². The minimum absolute atomic E-state index is 0.142. The molecule has 5 nitrogen and oxygen atoms in total. The number of hydrogen-bond acceptors (Lipinski definition) is 3. The Kier molecular flexibility index (Phi) is 4.56. The quantitative estimate of drug-likeness (QED) is 0.835. The van der Waals surface area contributed by atoms with Crippen LogP contribution in [0, 0.1) is 5.92 Å². The van der Waals surface area contributed by atoms with E-state index in [9.17, 15) is 13.5 Å². The van der Waals surface area contributed by atoms with Gasteiger partial charge in [-0.3, -0.25) is 0 Å². The van der Waals surface area contributed by atoms with Crippen molar-refractivity contribution in [2.45, 2.75) is 57.7 Å². The maximum atomic E-state index is 12.8. The smallest absolute Gasteiger partial charge is 0.244 e. The van der Waals surface area contributed by atoms with E-state index < -0.39 is 10.0 Å². The highest BCUT2D eigenvalue weighted by atomic mass is 32.2. The second-order valence-corrected chi connectivity index (χ2v) is 7.70. The highest BCUT2D eigenvalue weighted by molar-refractivity contribution is 7.89. The number of sulfonamides is 1. The van der Waals surface area contributed by atoms with Crippen molar-refractivity contribution in [3.63, 3.8) is 0 Å². The van der Waals surface area contributed by atoms with Crippen molar-refractivity contribution >= 4 is 10.0 Å². The summed E-state index contributed by atoms with van der Waals surface area (Å²) in [7, 11) is -3.45. The summed E-state index contributed by atoms with van der Waals surface area (Å²) in [6, 6.07) is 1.75. The molecule has 0 radical (unpaired) electrons. The summed E-state index contributed by atoms with van der Waals surface area (Å²) in [6.45, 7) is 7.06. The highest BCUT2D eigenvalue weighted by Crippen LogP contribution is 2.33. The Hall–Kier alpha value is -0.850. The molecule has 0 spiro atoms. The van der Waals surface area contributed by atoms with Crippen molar-refractivity contribution in [1.82, 2.24) is 8.87 Å². The summed E-state index contributed by atoms with van der Waals surface area (Å²) in [6.07, 6.45) is 3.54. The van der Waals surface area contributed by atoms with Gasteiger partial charge < -0.3 is 9.67 Å². The zero-order valence-corrected chi connectivity index (χ0v) is 13.2. The van der Waals surface area contributed by atoms with Gasteiger partial charge in [-0.2, -0.15) is 4.31 Å². The Morgan fingerprint density at radius 3 is 2.50 bits per heavy atom. The Balaban J connectivity index is 2.34. The van der Waals surface area contributed by atoms with Gasteiger partial charge in [-0.25, -0.2) is 8.42 Å². The summed E-state index contributed by atoms with van der Waals surface area (Å²) in [4.78, 5) is 0.302. The SMILES string of the molecule is CCn1cc(S(=O)(=O)N(CC(C)C)C2CC2)cc1CO. The summed E-state index contributed by atoms with van der Waals surface area (Å²) < 4.78 is 29.0. The first kappa shape index (κ1) is 15.5. The third-order valence-corrected chi connectivity index (χ3v) is 5.45. The zero-order valence-electron chi connectivity index (χ0n) is 12.4. The lowest BCUT2D eigenvalue weighted by Gasteiger charge is -2.23. The van der Waals surface area contributed by atoms with Gasteiger partial charge in [-0.05, 0) is 31.7 Å². The van der Waals surface area contributed by atoms with Gasteiger partial charge in [0.25, 0.3) is 0 Å². The highest BCUT2D eigenvalue weighted by Gasteiger charge is 2.38. The largest absolute Gasteiger partial charge is 0.390 e. The van der Waals surface area contributed by atoms with Crippen molar-refractivity contribution in [1.29, 1.82) is 0 Å². The summed E-state index contributed by atoms with van der Waals surface area (Å²) >= 11 is 0. The van der Waals surface area contributed by atoms with Crippen LogP contribution in [-0.2, 0) is 23.2 Å². The third kappa shape index (κ3) is 3.07. The van der Waals surface area contributed by atoms with Crippen molar-refractivity contribution in [2.75, 3.05) is 6.54 Å². The fraction of sp³-hybridized carbons (Fsp3) is 0.714. The zero-order chi connectivity index (χ0) is 14.9. The molecule has 0 aromatic carbocycles. The molecule has 1 heterocycles. The van der Waals surface area contributed by atoms with Gasteiger partial charge in [0.15, 0.2) is 0 Å². The number of aryl methyl sites for hydroxylation is 1. The molecule has 0 bridgehead atoms. The van der Waals surface area contributed by atoms with E-state index in [2.05, 4.69) is 0 Å². The molecule has 20 heavy (non-hydrogen) atoms. The van der Waals surface area contributed by atoms with Gasteiger partial charge in [-0.1, -0.05) is 13.8 Å². The maximum Gasteiger partial charge on any atom is 0.244 e. The minimum atomic E-state index is -3.45. The molecule has 0 amide bonds. The van der Waals surface area contributed by atoms with Gasteiger partial charge in [0.05, 0.1) is 6.61 Å². The summed E-state index contributed by atoms with van der Waals surface area (Å²) in [5, 5.41) is 9.30. The molecule has 1 aliphatic rings. The topological polar surface area (TPSA) is 62.5 Å². The number of aliphatic hydroxyl groups is 1. The van der Waals surface area contributed by atoms with Crippen molar-refractivity contribution in [3.05, 3.63) is 18.0 Å². The fourth-order valence-corrected chi connectivity index (χ4v) is 4.31. The predicted molar refractivity (Wildman–Crippen MR) is 77.8 cm³/mol. The normalized spacial score (nSPS) is 16.3. The molecule has 1 aromatic heterocycles. The molecule has 1 saturated carbocycles. The lowest BCUT2D eigenvalue weighted by Crippen LogP contribution is -2.35. The first-order valence-electron chi connectivity index (χ1n) is 7.21. The van der Waals surface area contributed by atoms with Crippen LogP contribution in [0.3, 0.4) is 0 Å². The molecule has 1 fully saturated rings. The molecular weight excluding hydrogens is 276 g/mol. The molecule has 114 valence electrons. The van der Waals surface area contributed by atoms with E-state index in [4.69, 9.17) is 0 Å². The van der Waals surface area contributed by atoms with Crippen LogP contribution in [-0.4, -0.2) is 35.0 Å².